The van der Waals surface area contributed by atoms with Crippen LogP contribution in [0.1, 0.15) is 12.5 Å². The fraction of sp³-hybridized carbons (Fsp3) is 0.190. The van der Waals surface area contributed by atoms with Crippen molar-refractivity contribution < 1.29 is 14.2 Å². The molecule has 2 aromatic carbocycles. The van der Waals surface area contributed by atoms with Gasteiger partial charge in [0.1, 0.15) is 12.4 Å². The van der Waals surface area contributed by atoms with Crippen LogP contribution in [0, 0.1) is 0 Å². The van der Waals surface area contributed by atoms with Gasteiger partial charge in [-0.25, -0.2) is 0 Å². The normalized spacial score (nSPS) is 11.1. The predicted molar refractivity (Wildman–Crippen MR) is 115 cm³/mol. The van der Waals surface area contributed by atoms with E-state index in [1.54, 1.807) is 6.34 Å². The highest BCUT2D eigenvalue weighted by Crippen LogP contribution is 2.26. The van der Waals surface area contributed by atoms with Gasteiger partial charge in [-0.2, -0.15) is 0 Å². The van der Waals surface area contributed by atoms with Crippen LogP contribution in [0.3, 0.4) is 0 Å². The van der Waals surface area contributed by atoms with Crippen LogP contribution in [0.2, 0.25) is 0 Å². The first-order chi connectivity index (χ1) is 14.1. The topological polar surface area (TPSA) is 92.3 Å². The highest BCUT2D eigenvalue weighted by atomic mass is 32.1. The maximum absolute atomic E-state index is 11.1. The number of hydrogen-bond acceptors (Lipinski definition) is 5. The molecule has 3 rings (SSSR count). The van der Waals surface area contributed by atoms with Crippen molar-refractivity contribution in [3.05, 3.63) is 65.5 Å². The number of rotatable bonds is 9. The Morgan fingerprint density at radius 2 is 2.07 bits per heavy atom. The number of nitrogens with zero attached hydrogens (tertiary/aromatic N) is 2. The van der Waals surface area contributed by atoms with Gasteiger partial charge in [0.2, 0.25) is 12.2 Å². The summed E-state index contributed by atoms with van der Waals surface area (Å²) in [5, 5.41) is 8.54. The second-order valence-electron chi connectivity index (χ2n) is 6.28. The van der Waals surface area contributed by atoms with E-state index in [0.717, 1.165) is 22.6 Å². The number of hydrazine groups is 1. The quantitative estimate of drug-likeness (QED) is 0.126. The lowest BCUT2D eigenvalue weighted by Gasteiger charge is -2.04. The molecule has 0 aliphatic heterocycles. The number of nitrogens with one attached hydrogen (secondary N) is 2. The molecule has 150 valence electrons. The van der Waals surface area contributed by atoms with Gasteiger partial charge in [0.25, 0.3) is 0 Å². The fourth-order valence-electron chi connectivity index (χ4n) is 2.55. The standard InChI is InChI=1S/C21H23N5O2S/c1-16(27)24-13-17-6-5-7-18(12-17)20-14-29-21(25-20)26(22)15-23-10-11-28-19-8-3-2-4-9-19/h2-9,12,14-15H,10-11,13,22H2,1H3,(H,24,27)/p+1. The first kappa shape index (κ1) is 20.3. The number of nitrogens with two attached hydrogens (primary N) is 1. The zero-order valence-electron chi connectivity index (χ0n) is 16.2. The number of ether oxygens (including phenoxy) is 1. The van der Waals surface area contributed by atoms with Crippen molar-refractivity contribution in [2.24, 2.45) is 5.84 Å². The summed E-state index contributed by atoms with van der Waals surface area (Å²) < 4.78 is 7.08. The number of carbonyl (C=O) groups excluding carboxylic acids is 1. The zero-order chi connectivity index (χ0) is 20.5. The molecule has 0 saturated carbocycles. The number of aromatic nitrogens is 1. The Labute approximate surface area is 173 Å². The molecule has 7 nitrogen and oxygen atoms in total. The number of hydrazone groups is 1. The number of carbonyl (C=O) groups is 1. The lowest BCUT2D eigenvalue weighted by atomic mass is 10.1. The van der Waals surface area contributed by atoms with Crippen LogP contribution in [0.5, 0.6) is 5.75 Å². The highest BCUT2D eigenvalue weighted by Gasteiger charge is 2.13. The van der Waals surface area contributed by atoms with Gasteiger partial charge < -0.3 is 15.4 Å². The predicted octanol–water partition coefficient (Wildman–Crippen LogP) is 2.66. The number of thiazole rings is 1. The number of hydrogen-bond donors (Lipinski definition) is 3. The van der Waals surface area contributed by atoms with Gasteiger partial charge >= 0.3 is 5.13 Å². The van der Waals surface area contributed by atoms with E-state index in [1.807, 2.05) is 60.0 Å². The Bertz CT molecular complexity index is 972. The molecule has 1 aromatic heterocycles. The molecule has 3 aromatic rings. The van der Waals surface area contributed by atoms with Gasteiger partial charge in [-0.1, -0.05) is 52.7 Å². The zero-order valence-corrected chi connectivity index (χ0v) is 17.0. The second-order valence-corrected chi connectivity index (χ2v) is 7.11. The summed E-state index contributed by atoms with van der Waals surface area (Å²) in [6.07, 6.45) is 1.67. The summed E-state index contributed by atoms with van der Waals surface area (Å²) in [5.74, 6) is 6.85. The molecule has 0 aliphatic carbocycles. The Balaban J connectivity index is 1.54. The first-order valence-electron chi connectivity index (χ1n) is 9.19. The smallest absolute Gasteiger partial charge is 0.343 e. The van der Waals surface area contributed by atoms with Crippen LogP contribution in [0.4, 0.5) is 5.13 Å². The third kappa shape index (κ3) is 6.32. The molecule has 0 bridgehead atoms. The van der Waals surface area contributed by atoms with Crippen LogP contribution < -0.4 is 21.2 Å². The van der Waals surface area contributed by atoms with Gasteiger partial charge in [0.05, 0.1) is 6.54 Å². The minimum atomic E-state index is -0.0534. The van der Waals surface area contributed by atoms with Crippen molar-refractivity contribution in [1.82, 2.24) is 15.6 Å². The Morgan fingerprint density at radius 1 is 1.24 bits per heavy atom. The molecule has 0 saturated heterocycles. The highest BCUT2D eigenvalue weighted by molar-refractivity contribution is 7.13. The first-order valence-corrected chi connectivity index (χ1v) is 10.1. The summed E-state index contributed by atoms with van der Waals surface area (Å²) in [5.41, 5.74) is 2.84. The summed E-state index contributed by atoms with van der Waals surface area (Å²) in [4.78, 5) is 15.7. The maximum Gasteiger partial charge on any atom is 0.343 e. The molecule has 8 heteroatoms. The Morgan fingerprint density at radius 3 is 2.86 bits per heavy atom. The number of para-hydroxylation sites is 1. The molecule has 0 aliphatic rings. The molecule has 4 N–H and O–H groups in total. The maximum atomic E-state index is 11.1. The Kier molecular flexibility index (Phi) is 7.18. The van der Waals surface area contributed by atoms with Crippen molar-refractivity contribution in [3.63, 3.8) is 0 Å². The van der Waals surface area contributed by atoms with Crippen LogP contribution in [-0.2, 0) is 11.3 Å². The van der Waals surface area contributed by atoms with Crippen molar-refractivity contribution in [2.75, 3.05) is 13.2 Å². The third-order valence-electron chi connectivity index (χ3n) is 3.97. The summed E-state index contributed by atoms with van der Waals surface area (Å²) in [6, 6.07) is 17.6. The van der Waals surface area contributed by atoms with Gasteiger partial charge in [-0.3, -0.25) is 10.6 Å². The van der Waals surface area contributed by atoms with Gasteiger partial charge in [0, 0.05) is 24.4 Å². The van der Waals surface area contributed by atoms with Crippen LogP contribution in [0.15, 0.2) is 60.0 Å². The minimum Gasteiger partial charge on any atom is -0.490 e. The molecule has 1 heterocycles. The molecule has 0 unspecified atom stereocenters. The van der Waals surface area contributed by atoms with E-state index in [1.165, 1.54) is 22.9 Å². The van der Waals surface area contributed by atoms with Gasteiger partial charge in [-0.05, 0) is 23.8 Å². The molecular weight excluding hydrogens is 386 g/mol. The van der Waals surface area contributed by atoms with Crippen molar-refractivity contribution in [3.8, 4) is 17.0 Å². The molecule has 0 atom stereocenters. The van der Waals surface area contributed by atoms with E-state index in [-0.39, 0.29) is 5.91 Å². The van der Waals surface area contributed by atoms with E-state index in [0.29, 0.717) is 24.8 Å². The number of amides is 1. The summed E-state index contributed by atoms with van der Waals surface area (Å²) >= 11 is 1.45. The van der Waals surface area contributed by atoms with E-state index >= 15 is 0 Å². The van der Waals surface area contributed by atoms with Gasteiger partial charge in [-0.15, -0.1) is 4.68 Å². The number of benzene rings is 2. The average Bonchev–Trinajstić information content (AvgIpc) is 3.23. The molecule has 0 spiro atoms. The Hall–Kier alpha value is -3.39. The SMILES string of the molecule is CC(=O)NCc1cccc(-c2csc([N+](N)=CNCCOc3ccccc3)n2)c1. The fourth-order valence-corrected chi connectivity index (χ4v) is 3.28. The third-order valence-corrected chi connectivity index (χ3v) is 4.82. The lowest BCUT2D eigenvalue weighted by molar-refractivity contribution is -0.449. The van der Waals surface area contributed by atoms with E-state index < -0.39 is 0 Å². The van der Waals surface area contributed by atoms with E-state index in [4.69, 9.17) is 10.6 Å². The van der Waals surface area contributed by atoms with Crippen LogP contribution in [0.25, 0.3) is 11.3 Å². The minimum absolute atomic E-state index is 0.0534. The average molecular weight is 411 g/mol. The van der Waals surface area contributed by atoms with Crippen LogP contribution >= 0.6 is 11.3 Å². The van der Waals surface area contributed by atoms with Crippen LogP contribution in [-0.4, -0.2) is 35.1 Å². The van der Waals surface area contributed by atoms with E-state index in [9.17, 15) is 4.79 Å². The summed E-state index contributed by atoms with van der Waals surface area (Å²) in [7, 11) is 0. The molecular formula is C21H24N5O2S+. The van der Waals surface area contributed by atoms with Crippen molar-refractivity contribution >= 4 is 28.7 Å². The monoisotopic (exact) mass is 410 g/mol. The molecule has 1 amide bonds. The molecule has 0 fully saturated rings. The molecule has 29 heavy (non-hydrogen) atoms. The van der Waals surface area contributed by atoms with Crippen molar-refractivity contribution in [1.29, 1.82) is 0 Å². The molecule has 0 radical (unpaired) electrons. The van der Waals surface area contributed by atoms with Gasteiger partial charge in [0.15, 0.2) is 5.69 Å². The summed E-state index contributed by atoms with van der Waals surface area (Å²) in [6.45, 7) is 3.14. The largest absolute Gasteiger partial charge is 0.490 e. The van der Waals surface area contributed by atoms with Crippen molar-refractivity contribution in [2.45, 2.75) is 13.5 Å². The van der Waals surface area contributed by atoms with E-state index in [2.05, 4.69) is 15.6 Å². The second kappa shape index (κ2) is 10.2. The lowest BCUT2D eigenvalue weighted by Crippen LogP contribution is -2.27.